The molecule has 4 heteroatoms. The molecular weight excluding hydrogens is 286 g/mol. The van der Waals surface area contributed by atoms with Crippen LogP contribution in [0.5, 0.6) is 0 Å². The predicted molar refractivity (Wildman–Crippen MR) is 73.2 cm³/mol. The molecule has 1 saturated carbocycles. The van der Waals surface area contributed by atoms with Crippen LogP contribution in [0, 0.1) is 5.92 Å². The summed E-state index contributed by atoms with van der Waals surface area (Å²) in [4.78, 5) is 14.8. The van der Waals surface area contributed by atoms with Crippen molar-refractivity contribution in [3.05, 3.63) is 0 Å². The van der Waals surface area contributed by atoms with Gasteiger partial charge >= 0.3 is 0 Å². The molecule has 0 radical (unpaired) electrons. The number of carbonyl (C=O) groups is 1. The number of amides is 1. The van der Waals surface area contributed by atoms with E-state index >= 15 is 0 Å². The van der Waals surface area contributed by atoms with Gasteiger partial charge in [-0.15, -0.1) is 0 Å². The summed E-state index contributed by atoms with van der Waals surface area (Å²) in [7, 11) is 2.00. The van der Waals surface area contributed by atoms with Gasteiger partial charge in [-0.25, -0.2) is 0 Å². The van der Waals surface area contributed by atoms with E-state index in [-0.39, 0.29) is 5.92 Å². The Morgan fingerprint density at radius 3 is 2.69 bits per heavy atom. The fourth-order valence-corrected chi connectivity index (χ4v) is 4.84. The van der Waals surface area contributed by atoms with Gasteiger partial charge in [-0.05, 0) is 25.0 Å². The molecule has 1 aliphatic heterocycles. The minimum Gasteiger partial charge on any atom is -0.341 e. The van der Waals surface area contributed by atoms with Crippen LogP contribution in [-0.2, 0) is 4.79 Å². The zero-order valence-electron chi connectivity index (χ0n) is 9.82. The lowest BCUT2D eigenvalue weighted by atomic mass is 9.93. The first-order valence-corrected chi connectivity index (χ1v) is 8.25. The van der Waals surface area contributed by atoms with E-state index in [0.29, 0.717) is 16.8 Å². The van der Waals surface area contributed by atoms with E-state index in [0.717, 1.165) is 24.3 Å². The fourth-order valence-electron chi connectivity index (χ4n) is 2.68. The summed E-state index contributed by atoms with van der Waals surface area (Å²) in [6.07, 6.45) is 6.02. The van der Waals surface area contributed by atoms with Gasteiger partial charge in [0.25, 0.3) is 0 Å². The average Bonchev–Trinajstić information content (AvgIpc) is 2.81. The van der Waals surface area contributed by atoms with Gasteiger partial charge in [-0.3, -0.25) is 4.79 Å². The zero-order valence-corrected chi connectivity index (χ0v) is 12.2. The number of nitrogens with zero attached hydrogens (tertiary/aromatic N) is 1. The molecule has 0 aromatic heterocycles. The van der Waals surface area contributed by atoms with Gasteiger partial charge in [0.05, 0.1) is 0 Å². The number of carbonyl (C=O) groups excluding carboxylic acids is 1. The van der Waals surface area contributed by atoms with E-state index in [2.05, 4.69) is 15.9 Å². The van der Waals surface area contributed by atoms with Crippen molar-refractivity contribution in [2.45, 2.75) is 43.0 Å². The van der Waals surface area contributed by atoms with Crippen molar-refractivity contribution in [2.75, 3.05) is 18.6 Å². The molecule has 1 heterocycles. The Kier molecular flexibility index (Phi) is 4.59. The Morgan fingerprint density at radius 2 is 2.06 bits per heavy atom. The lowest BCUT2D eigenvalue weighted by Gasteiger charge is -2.36. The summed E-state index contributed by atoms with van der Waals surface area (Å²) in [5.74, 6) is 2.85. The van der Waals surface area contributed by atoms with Gasteiger partial charge in [0.2, 0.25) is 5.91 Å². The van der Waals surface area contributed by atoms with Crippen LogP contribution in [0.15, 0.2) is 0 Å². The number of alkyl halides is 1. The van der Waals surface area contributed by atoms with Gasteiger partial charge < -0.3 is 4.90 Å². The minimum atomic E-state index is 0.289. The van der Waals surface area contributed by atoms with Crippen molar-refractivity contribution in [3.63, 3.8) is 0 Å². The smallest absolute Gasteiger partial charge is 0.226 e. The van der Waals surface area contributed by atoms with Gasteiger partial charge in [0.1, 0.15) is 0 Å². The largest absolute Gasteiger partial charge is 0.341 e. The minimum absolute atomic E-state index is 0.289. The van der Waals surface area contributed by atoms with Crippen LogP contribution in [0.4, 0.5) is 0 Å². The molecule has 0 bridgehead atoms. The molecule has 2 nitrogen and oxygen atoms in total. The van der Waals surface area contributed by atoms with E-state index in [1.165, 1.54) is 19.3 Å². The molecule has 3 atom stereocenters. The fraction of sp³-hybridized carbons (Fsp3) is 0.917. The van der Waals surface area contributed by atoms with Crippen molar-refractivity contribution in [1.29, 1.82) is 0 Å². The van der Waals surface area contributed by atoms with Crippen LogP contribution in [0.1, 0.15) is 32.1 Å². The van der Waals surface area contributed by atoms with Crippen LogP contribution in [-0.4, -0.2) is 40.2 Å². The third kappa shape index (κ3) is 2.76. The van der Waals surface area contributed by atoms with Crippen LogP contribution in [0.3, 0.4) is 0 Å². The highest BCUT2D eigenvalue weighted by atomic mass is 79.9. The summed E-state index contributed by atoms with van der Waals surface area (Å²) in [5, 5.41) is 0. The first-order valence-electron chi connectivity index (χ1n) is 6.18. The molecule has 0 aromatic carbocycles. The maximum absolute atomic E-state index is 12.3. The molecule has 92 valence electrons. The Hall–Kier alpha value is 0.300. The number of hydrogen-bond donors (Lipinski definition) is 0. The van der Waals surface area contributed by atoms with Crippen molar-refractivity contribution in [3.8, 4) is 0 Å². The number of hydrogen-bond acceptors (Lipinski definition) is 2. The lowest BCUT2D eigenvalue weighted by Crippen LogP contribution is -2.46. The molecule has 16 heavy (non-hydrogen) atoms. The average molecular weight is 306 g/mol. The summed E-state index contributed by atoms with van der Waals surface area (Å²) in [6, 6.07) is 0.423. The monoisotopic (exact) mass is 305 g/mol. The van der Waals surface area contributed by atoms with Crippen molar-refractivity contribution in [1.82, 2.24) is 4.90 Å². The molecule has 3 unspecified atom stereocenters. The standard InChI is InChI=1S/C12H20BrNOS/c1-14(11-5-3-2-4-10(11)13)12(15)9-6-7-16-8-9/h9-11H,2-8H2,1H3. The molecule has 0 N–H and O–H groups in total. The molecule has 1 aliphatic carbocycles. The van der Waals surface area contributed by atoms with E-state index in [1.807, 2.05) is 23.7 Å². The quantitative estimate of drug-likeness (QED) is 0.731. The topological polar surface area (TPSA) is 20.3 Å². The summed E-state index contributed by atoms with van der Waals surface area (Å²) >= 11 is 5.65. The van der Waals surface area contributed by atoms with Gasteiger partial charge in [-0.1, -0.05) is 28.8 Å². The first kappa shape index (κ1) is 12.7. The van der Waals surface area contributed by atoms with Gasteiger partial charge in [0.15, 0.2) is 0 Å². The number of rotatable bonds is 2. The molecular formula is C12H20BrNOS. The molecule has 0 aromatic rings. The first-order chi connectivity index (χ1) is 7.70. The van der Waals surface area contributed by atoms with E-state index in [9.17, 15) is 4.79 Å². The third-order valence-electron chi connectivity index (χ3n) is 3.77. The normalized spacial score (nSPS) is 35.0. The maximum atomic E-state index is 12.3. The Labute approximate surface area is 111 Å². The van der Waals surface area contributed by atoms with Crippen LogP contribution >= 0.6 is 27.7 Å². The number of thioether (sulfide) groups is 1. The summed E-state index contributed by atoms with van der Waals surface area (Å²) < 4.78 is 0. The molecule has 2 fully saturated rings. The van der Waals surface area contributed by atoms with Crippen LogP contribution in [0.25, 0.3) is 0 Å². The highest BCUT2D eigenvalue weighted by Gasteiger charge is 2.33. The van der Waals surface area contributed by atoms with Crippen LogP contribution in [0.2, 0.25) is 0 Å². The maximum Gasteiger partial charge on any atom is 0.226 e. The number of halogens is 1. The highest BCUT2D eigenvalue weighted by Crippen LogP contribution is 2.31. The SMILES string of the molecule is CN(C(=O)C1CCSC1)C1CCCCC1Br. The Morgan fingerprint density at radius 1 is 1.31 bits per heavy atom. The van der Waals surface area contributed by atoms with E-state index in [1.54, 1.807) is 0 Å². The van der Waals surface area contributed by atoms with E-state index < -0.39 is 0 Å². The second kappa shape index (κ2) is 5.76. The van der Waals surface area contributed by atoms with Crippen molar-refractivity contribution in [2.24, 2.45) is 5.92 Å². The van der Waals surface area contributed by atoms with Gasteiger partial charge in [0, 0.05) is 29.6 Å². The second-order valence-electron chi connectivity index (χ2n) is 4.88. The van der Waals surface area contributed by atoms with Crippen molar-refractivity contribution >= 4 is 33.6 Å². The molecule has 2 aliphatic rings. The Bertz CT molecular complexity index is 255. The zero-order chi connectivity index (χ0) is 11.5. The van der Waals surface area contributed by atoms with Crippen molar-refractivity contribution < 1.29 is 4.79 Å². The molecule has 0 spiro atoms. The highest BCUT2D eigenvalue weighted by molar-refractivity contribution is 9.09. The molecule has 1 amide bonds. The third-order valence-corrected chi connectivity index (χ3v) is 6.00. The lowest BCUT2D eigenvalue weighted by molar-refractivity contribution is -0.135. The molecule has 1 saturated heterocycles. The second-order valence-corrected chi connectivity index (χ2v) is 7.20. The van der Waals surface area contributed by atoms with Crippen LogP contribution < -0.4 is 0 Å². The summed E-state index contributed by atoms with van der Waals surface area (Å²) in [6.45, 7) is 0. The van der Waals surface area contributed by atoms with E-state index in [4.69, 9.17) is 0 Å². The predicted octanol–water partition coefficient (Wildman–Crippen LogP) is 2.90. The summed E-state index contributed by atoms with van der Waals surface area (Å²) in [5.41, 5.74) is 0. The van der Waals surface area contributed by atoms with Gasteiger partial charge in [-0.2, -0.15) is 11.8 Å². The molecule has 2 rings (SSSR count). The Balaban J connectivity index is 1.94.